The van der Waals surface area contributed by atoms with Crippen LogP contribution in [0.2, 0.25) is 0 Å². The number of benzene rings is 1. The molecule has 4 rings (SSSR count). The minimum absolute atomic E-state index is 0.0153. The molecule has 2 aromatic rings. The number of aromatic nitrogens is 1. The molecule has 3 atom stereocenters. The summed E-state index contributed by atoms with van der Waals surface area (Å²) in [6.45, 7) is -0.341. The molecular weight excluding hydrogens is 565 g/mol. The third-order valence-corrected chi connectivity index (χ3v) is 7.81. The molecule has 0 spiro atoms. The largest absolute Gasteiger partial charge is 0.383 e. The zero-order valence-electron chi connectivity index (χ0n) is 21.1. The molecule has 2 saturated heterocycles. The number of likely N-dealkylation sites (tertiary alicyclic amines) is 1. The van der Waals surface area contributed by atoms with Gasteiger partial charge in [-0.3, -0.25) is 24.4 Å². The maximum Gasteiger partial charge on any atom is 0.310 e. The van der Waals surface area contributed by atoms with E-state index >= 15 is 0 Å². The smallest absolute Gasteiger partial charge is 0.310 e. The maximum atomic E-state index is 14.0. The zero-order chi connectivity index (χ0) is 29.4. The number of halogens is 5. The molecule has 2 aliphatic rings. The molecule has 0 saturated carbocycles. The van der Waals surface area contributed by atoms with Crippen molar-refractivity contribution in [2.24, 2.45) is 0 Å². The number of nitrogens with one attached hydrogen (secondary N) is 1. The lowest BCUT2D eigenvalue weighted by molar-refractivity contribution is -0.176. The Morgan fingerprint density at radius 1 is 1.27 bits per heavy atom. The summed E-state index contributed by atoms with van der Waals surface area (Å²) in [6, 6.07) is 1.75. The van der Waals surface area contributed by atoms with Gasteiger partial charge in [-0.05, 0) is 30.3 Å². The van der Waals surface area contributed by atoms with Gasteiger partial charge in [0.15, 0.2) is 6.19 Å². The molecule has 10 nitrogen and oxygen atoms in total. The number of ether oxygens (including phenoxy) is 2. The number of anilines is 1. The summed E-state index contributed by atoms with van der Waals surface area (Å²) in [5.41, 5.74) is -1.54. The molecule has 1 aromatic carbocycles. The summed E-state index contributed by atoms with van der Waals surface area (Å²) < 4.78 is 77.4. The van der Waals surface area contributed by atoms with Crippen molar-refractivity contribution in [2.45, 2.75) is 35.1 Å². The lowest BCUT2D eigenvalue weighted by atomic mass is 10.0. The average molecular weight is 592 g/mol. The van der Waals surface area contributed by atoms with E-state index in [1.54, 1.807) is 0 Å². The maximum absolute atomic E-state index is 14.0. The Morgan fingerprint density at radius 2 is 1.95 bits per heavy atom. The Bertz CT molecular complexity index is 1310. The fourth-order valence-corrected chi connectivity index (χ4v) is 5.13. The Balaban J connectivity index is 1.81. The topological polar surface area (TPSA) is 128 Å². The second kappa shape index (κ2) is 9.84. The van der Waals surface area contributed by atoms with Crippen molar-refractivity contribution in [2.75, 3.05) is 38.3 Å². The number of methoxy groups -OCH3 is 1. The quantitative estimate of drug-likeness (QED) is 0.336. The molecule has 0 aliphatic carbocycles. The second-order valence-corrected chi connectivity index (χ2v) is 12.1. The first-order chi connectivity index (χ1) is 18.5. The molecule has 40 heavy (non-hydrogen) atoms. The number of rotatable bonds is 9. The molecule has 2 amide bonds. The highest BCUT2D eigenvalue weighted by atomic mass is 32.5. The van der Waals surface area contributed by atoms with Crippen LogP contribution in [0.25, 0.3) is 0 Å². The van der Waals surface area contributed by atoms with Crippen molar-refractivity contribution in [1.29, 1.82) is 5.26 Å². The van der Waals surface area contributed by atoms with E-state index in [9.17, 15) is 39.4 Å². The number of aliphatic hydroxyl groups is 1. The SMILES string of the molecule is CO[C@@H]1C[C@H](C(=O)N(c2ccc(S(F)(F)(F)(F)F)cc2)C(C(=O)NCC2(O)COC2)c2cccnc2)N(C#N)C1. The van der Waals surface area contributed by atoms with Gasteiger partial charge < -0.3 is 19.9 Å². The van der Waals surface area contributed by atoms with Crippen LogP contribution in [0.1, 0.15) is 18.0 Å². The number of nitriles is 1. The monoisotopic (exact) mass is 591 g/mol. The first-order valence-corrected chi connectivity index (χ1v) is 13.8. The molecule has 1 aromatic heterocycles. The van der Waals surface area contributed by atoms with Crippen LogP contribution in [-0.2, 0) is 19.1 Å². The summed E-state index contributed by atoms with van der Waals surface area (Å²) in [5.74, 6) is -1.71. The van der Waals surface area contributed by atoms with Crippen LogP contribution in [0.5, 0.6) is 0 Å². The third-order valence-electron chi connectivity index (χ3n) is 6.65. The molecule has 16 heteroatoms. The van der Waals surface area contributed by atoms with E-state index in [4.69, 9.17) is 9.47 Å². The lowest BCUT2D eigenvalue weighted by Gasteiger charge is -2.41. The Kier molecular flexibility index (Phi) is 7.25. The third kappa shape index (κ3) is 6.28. The number of carbonyl (C=O) groups excluding carboxylic acids is 2. The van der Waals surface area contributed by atoms with Gasteiger partial charge in [-0.25, -0.2) is 0 Å². The minimum atomic E-state index is -10.0. The van der Waals surface area contributed by atoms with Crippen molar-refractivity contribution in [1.82, 2.24) is 15.2 Å². The number of amides is 2. The fourth-order valence-electron chi connectivity index (χ4n) is 4.48. The van der Waals surface area contributed by atoms with Gasteiger partial charge in [0.05, 0.1) is 32.4 Å². The number of pyridine rings is 1. The van der Waals surface area contributed by atoms with Crippen LogP contribution in [-0.4, -0.2) is 78.0 Å². The van der Waals surface area contributed by atoms with Crippen LogP contribution in [0.15, 0.2) is 53.7 Å². The predicted octanol–water partition coefficient (Wildman–Crippen LogP) is 3.26. The van der Waals surface area contributed by atoms with Crippen molar-refractivity contribution in [3.05, 3.63) is 54.4 Å². The predicted molar refractivity (Wildman–Crippen MR) is 133 cm³/mol. The highest BCUT2D eigenvalue weighted by Gasteiger charge is 2.65. The van der Waals surface area contributed by atoms with Crippen LogP contribution in [0, 0.1) is 11.5 Å². The van der Waals surface area contributed by atoms with Gasteiger partial charge in [0, 0.05) is 37.2 Å². The van der Waals surface area contributed by atoms with E-state index in [-0.39, 0.29) is 56.1 Å². The standard InChI is InChI=1S/C24H26F5N5O5S/c1-38-18-9-20(33(11-18)15-30)23(36)34(17-4-6-19(7-5-17)40(25,26,27,28)29)21(16-3-2-8-31-10-16)22(35)32-12-24(37)13-39-14-24/h2-8,10,18,20-21,37H,9,11-14H2,1H3,(H,32,35)/t18-,20-,21?/m1/s1. The molecule has 1 unspecified atom stereocenters. The first-order valence-electron chi connectivity index (χ1n) is 11.9. The van der Waals surface area contributed by atoms with Gasteiger partial charge in [0.1, 0.15) is 22.6 Å². The Morgan fingerprint density at radius 3 is 2.45 bits per heavy atom. The molecule has 3 heterocycles. The van der Waals surface area contributed by atoms with E-state index in [1.807, 2.05) is 6.19 Å². The molecule has 2 aliphatic heterocycles. The van der Waals surface area contributed by atoms with Crippen molar-refractivity contribution in [3.63, 3.8) is 0 Å². The second-order valence-electron chi connectivity index (χ2n) is 9.66. The number of nitrogens with zero attached hydrogens (tertiary/aromatic N) is 4. The first kappa shape index (κ1) is 29.5. The fraction of sp³-hybridized carbons (Fsp3) is 0.417. The van der Waals surface area contributed by atoms with E-state index < -0.39 is 50.7 Å². The van der Waals surface area contributed by atoms with Crippen LogP contribution >= 0.6 is 10.2 Å². The van der Waals surface area contributed by atoms with Gasteiger partial charge in [-0.1, -0.05) is 25.5 Å². The number of hydrogen-bond acceptors (Lipinski definition) is 8. The highest BCUT2D eigenvalue weighted by Crippen LogP contribution is 3.02. The number of hydrogen-bond donors (Lipinski definition) is 2. The Labute approximate surface area is 226 Å². The normalized spacial score (nSPS) is 22.7. The summed E-state index contributed by atoms with van der Waals surface area (Å²) >= 11 is 0. The van der Waals surface area contributed by atoms with E-state index in [1.165, 1.54) is 31.6 Å². The molecule has 218 valence electrons. The Hall–Kier alpha value is -3.52. The van der Waals surface area contributed by atoms with Gasteiger partial charge in [0.25, 0.3) is 5.91 Å². The highest BCUT2D eigenvalue weighted by molar-refractivity contribution is 8.45. The van der Waals surface area contributed by atoms with E-state index in [0.717, 1.165) is 9.80 Å². The van der Waals surface area contributed by atoms with Crippen molar-refractivity contribution >= 4 is 27.7 Å². The lowest BCUT2D eigenvalue weighted by Crippen LogP contribution is -2.58. The van der Waals surface area contributed by atoms with Gasteiger partial charge >= 0.3 is 10.2 Å². The van der Waals surface area contributed by atoms with Gasteiger partial charge in [0.2, 0.25) is 5.91 Å². The average Bonchev–Trinajstić information content (AvgIpc) is 3.32. The summed E-state index contributed by atoms with van der Waals surface area (Å²) in [6.07, 6.45) is 4.00. The van der Waals surface area contributed by atoms with Gasteiger partial charge in [-0.2, -0.15) is 5.26 Å². The number of carbonyl (C=O) groups is 2. The minimum Gasteiger partial charge on any atom is -0.383 e. The van der Waals surface area contributed by atoms with Crippen LogP contribution in [0.4, 0.5) is 25.1 Å². The summed E-state index contributed by atoms with van der Waals surface area (Å²) in [7, 11) is -8.66. The molecule has 0 bridgehead atoms. The zero-order valence-corrected chi connectivity index (χ0v) is 21.9. The van der Waals surface area contributed by atoms with Gasteiger partial charge in [-0.15, -0.1) is 0 Å². The van der Waals surface area contributed by atoms with Crippen molar-refractivity contribution < 1.29 is 43.6 Å². The molecule has 0 radical (unpaired) electrons. The van der Waals surface area contributed by atoms with Crippen LogP contribution in [0.3, 0.4) is 0 Å². The van der Waals surface area contributed by atoms with E-state index in [2.05, 4.69) is 10.3 Å². The van der Waals surface area contributed by atoms with E-state index in [0.29, 0.717) is 12.1 Å². The molecular formula is C24H26F5N5O5S. The van der Waals surface area contributed by atoms with Crippen molar-refractivity contribution in [3.8, 4) is 6.19 Å². The summed E-state index contributed by atoms with van der Waals surface area (Å²) in [4.78, 5) is 31.3. The molecule has 2 fully saturated rings. The summed E-state index contributed by atoms with van der Waals surface area (Å²) in [5, 5.41) is 22.5. The van der Waals surface area contributed by atoms with Crippen LogP contribution < -0.4 is 10.2 Å². The molecule has 2 N–H and O–H groups in total.